The summed E-state index contributed by atoms with van der Waals surface area (Å²) >= 11 is 6.19. The molecule has 1 aromatic carbocycles. The molecule has 2 saturated heterocycles. The lowest BCUT2D eigenvalue weighted by molar-refractivity contribution is -0.138. The smallest absolute Gasteiger partial charge is 0.225 e. The number of rotatable bonds is 6. The van der Waals surface area contributed by atoms with Crippen molar-refractivity contribution in [2.45, 2.75) is 38.2 Å². The first-order valence-electron chi connectivity index (χ1n) is 13.6. The Labute approximate surface area is 239 Å². The maximum Gasteiger partial charge on any atom is 0.225 e. The van der Waals surface area contributed by atoms with Crippen LogP contribution < -0.4 is 9.64 Å². The predicted molar refractivity (Wildman–Crippen MR) is 152 cm³/mol. The number of amides is 1. The number of halogens is 1. The van der Waals surface area contributed by atoms with Crippen LogP contribution >= 0.6 is 11.6 Å². The van der Waals surface area contributed by atoms with Crippen molar-refractivity contribution in [1.29, 1.82) is 10.5 Å². The number of likely N-dealkylation sites (tertiary alicyclic amines) is 1. The molecule has 8 nitrogen and oxygen atoms in total. The van der Waals surface area contributed by atoms with Gasteiger partial charge in [0, 0.05) is 67.4 Å². The number of carbonyl (C=O) groups excluding carboxylic acids is 1. The van der Waals surface area contributed by atoms with Gasteiger partial charge in [0.15, 0.2) is 0 Å². The first-order chi connectivity index (χ1) is 19.4. The summed E-state index contributed by atoms with van der Waals surface area (Å²) in [5, 5.41) is 18.8. The lowest BCUT2D eigenvalue weighted by Crippen LogP contribution is -2.49. The van der Waals surface area contributed by atoms with Crippen LogP contribution in [0.2, 0.25) is 5.02 Å². The topological polar surface area (TPSA) is 106 Å². The van der Waals surface area contributed by atoms with E-state index in [1.807, 2.05) is 35.2 Å². The molecule has 2 aliphatic heterocycles. The minimum Gasteiger partial charge on any atom is -0.474 e. The van der Waals surface area contributed by atoms with Crippen molar-refractivity contribution in [3.8, 4) is 18.0 Å². The molecule has 0 N–H and O–H groups in total. The van der Waals surface area contributed by atoms with Crippen LogP contribution in [-0.4, -0.2) is 53.1 Å². The Morgan fingerprint density at radius 1 is 0.950 bits per heavy atom. The molecule has 2 aliphatic rings. The van der Waals surface area contributed by atoms with Crippen molar-refractivity contribution >= 4 is 23.3 Å². The van der Waals surface area contributed by atoms with Crippen molar-refractivity contribution in [3.63, 3.8) is 0 Å². The van der Waals surface area contributed by atoms with Gasteiger partial charge in [-0.1, -0.05) is 23.7 Å². The van der Waals surface area contributed by atoms with Gasteiger partial charge in [-0.3, -0.25) is 4.79 Å². The third kappa shape index (κ3) is 6.19. The second kappa shape index (κ2) is 12.4. The molecule has 2 fully saturated rings. The molecule has 9 heteroatoms. The van der Waals surface area contributed by atoms with E-state index in [-0.39, 0.29) is 29.8 Å². The van der Waals surface area contributed by atoms with Crippen LogP contribution in [0.4, 0.5) is 5.82 Å². The first-order valence-corrected chi connectivity index (χ1v) is 14.0. The zero-order chi connectivity index (χ0) is 28.1. The van der Waals surface area contributed by atoms with Crippen LogP contribution in [0.5, 0.6) is 5.88 Å². The van der Waals surface area contributed by atoms with Crippen LogP contribution in [0.1, 0.15) is 48.8 Å². The van der Waals surface area contributed by atoms with Crippen LogP contribution in [0, 0.1) is 34.5 Å². The lowest BCUT2D eigenvalue weighted by atomic mass is 9.77. The van der Waals surface area contributed by atoms with Gasteiger partial charge in [0.2, 0.25) is 11.8 Å². The summed E-state index contributed by atoms with van der Waals surface area (Å²) in [4.78, 5) is 26.6. The molecule has 204 valence electrons. The van der Waals surface area contributed by atoms with Crippen molar-refractivity contribution in [3.05, 3.63) is 82.6 Å². The molecule has 4 heterocycles. The van der Waals surface area contributed by atoms with Crippen LogP contribution in [0.15, 0.2) is 60.9 Å². The van der Waals surface area contributed by atoms with E-state index in [0.717, 1.165) is 43.7 Å². The fraction of sp³-hybridized carbons (Fsp3) is 0.387. The second-order valence-corrected chi connectivity index (χ2v) is 10.9. The number of pyridine rings is 2. The van der Waals surface area contributed by atoms with Gasteiger partial charge in [0.05, 0.1) is 11.1 Å². The monoisotopic (exact) mass is 554 g/mol. The fourth-order valence-corrected chi connectivity index (χ4v) is 5.97. The van der Waals surface area contributed by atoms with E-state index in [2.05, 4.69) is 33.9 Å². The maximum absolute atomic E-state index is 13.7. The van der Waals surface area contributed by atoms with Gasteiger partial charge in [-0.15, -0.1) is 0 Å². The Balaban J connectivity index is 1.25. The summed E-state index contributed by atoms with van der Waals surface area (Å²) < 4.78 is 6.23. The zero-order valence-corrected chi connectivity index (χ0v) is 23.2. The number of nitriles is 2. The van der Waals surface area contributed by atoms with Crippen molar-refractivity contribution in [1.82, 2.24) is 14.9 Å². The number of nitrogens with zero attached hydrogens (tertiary/aromatic N) is 6. The van der Waals surface area contributed by atoms with Crippen LogP contribution in [0.25, 0.3) is 0 Å². The van der Waals surface area contributed by atoms with Crippen LogP contribution in [0.3, 0.4) is 0 Å². The summed E-state index contributed by atoms with van der Waals surface area (Å²) in [6.07, 6.45) is 5.33. The Hall–Kier alpha value is -4.14. The average Bonchev–Trinajstić information content (AvgIpc) is 3.01. The normalized spacial score (nSPS) is 20.3. The van der Waals surface area contributed by atoms with E-state index in [0.29, 0.717) is 35.1 Å². The largest absolute Gasteiger partial charge is 0.474 e. The van der Waals surface area contributed by atoms with E-state index in [4.69, 9.17) is 26.9 Å². The van der Waals surface area contributed by atoms with Gasteiger partial charge in [0.1, 0.15) is 24.1 Å². The van der Waals surface area contributed by atoms with E-state index >= 15 is 0 Å². The average molecular weight is 555 g/mol. The second-order valence-electron chi connectivity index (χ2n) is 10.5. The molecule has 0 radical (unpaired) electrons. The van der Waals surface area contributed by atoms with Gasteiger partial charge in [-0.05, 0) is 62.1 Å². The van der Waals surface area contributed by atoms with E-state index in [1.54, 1.807) is 24.4 Å². The maximum atomic E-state index is 13.7. The van der Waals surface area contributed by atoms with Gasteiger partial charge in [-0.2, -0.15) is 10.5 Å². The summed E-state index contributed by atoms with van der Waals surface area (Å²) in [5.74, 6) is 1.79. The third-order valence-electron chi connectivity index (χ3n) is 8.10. The molecular formula is C31H31ClN6O2. The van der Waals surface area contributed by atoms with Gasteiger partial charge >= 0.3 is 0 Å². The predicted octanol–water partition coefficient (Wildman–Crippen LogP) is 5.19. The van der Waals surface area contributed by atoms with E-state index in [1.165, 1.54) is 6.20 Å². The Bertz CT molecular complexity index is 1390. The van der Waals surface area contributed by atoms with Crippen LogP contribution in [-0.2, 0) is 4.79 Å². The number of piperidine rings is 2. The molecule has 3 aromatic rings. The highest BCUT2D eigenvalue weighted by atomic mass is 35.5. The molecule has 5 rings (SSSR count). The quantitative estimate of drug-likeness (QED) is 0.413. The molecule has 0 bridgehead atoms. The molecule has 3 unspecified atom stereocenters. The highest BCUT2D eigenvalue weighted by Crippen LogP contribution is 2.37. The molecule has 3 atom stereocenters. The summed E-state index contributed by atoms with van der Waals surface area (Å²) in [5.41, 5.74) is 2.17. The molecule has 2 aromatic heterocycles. The number of benzene rings is 1. The number of anilines is 1. The minimum absolute atomic E-state index is 0.0198. The van der Waals surface area contributed by atoms with Gasteiger partial charge in [-0.25, -0.2) is 9.97 Å². The molecule has 40 heavy (non-hydrogen) atoms. The SMILES string of the molecule is CC(Oc1ccc(C#N)cn1)C1CCN(C(=O)C2CCN(c3ccc(C#N)cn3)CC2)CC1c1ccc(Cl)cc1. The minimum atomic E-state index is -0.137. The highest BCUT2D eigenvalue weighted by Gasteiger charge is 2.39. The van der Waals surface area contributed by atoms with E-state index in [9.17, 15) is 4.79 Å². The first kappa shape index (κ1) is 27.4. The molecule has 1 amide bonds. The number of hydrogen-bond donors (Lipinski definition) is 0. The number of ether oxygens (including phenoxy) is 1. The molecule has 0 aliphatic carbocycles. The Morgan fingerprint density at radius 2 is 1.62 bits per heavy atom. The third-order valence-corrected chi connectivity index (χ3v) is 8.35. The Kier molecular flexibility index (Phi) is 8.48. The summed E-state index contributed by atoms with van der Waals surface area (Å²) in [6.45, 7) is 4.87. The lowest BCUT2D eigenvalue weighted by Gasteiger charge is -2.43. The summed E-state index contributed by atoms with van der Waals surface area (Å²) in [7, 11) is 0. The summed E-state index contributed by atoms with van der Waals surface area (Å²) in [6, 6.07) is 19.2. The van der Waals surface area contributed by atoms with Crippen molar-refractivity contribution in [2.24, 2.45) is 11.8 Å². The molecule has 0 saturated carbocycles. The standard InChI is InChI=1S/C31H31ClN6O2/c1-21(40-30-9-3-23(17-34)19-36-30)27-12-15-38(20-28(27)24-4-6-26(32)7-5-24)31(39)25-10-13-37(14-11-25)29-8-2-22(16-33)18-35-29/h2-9,18-19,21,25,27-28H,10-15,20H2,1H3. The number of aromatic nitrogens is 2. The number of carbonyl (C=O) groups is 1. The molecule has 0 spiro atoms. The highest BCUT2D eigenvalue weighted by molar-refractivity contribution is 6.30. The van der Waals surface area contributed by atoms with Gasteiger partial charge < -0.3 is 14.5 Å². The van der Waals surface area contributed by atoms with Crippen molar-refractivity contribution in [2.75, 3.05) is 31.1 Å². The van der Waals surface area contributed by atoms with Gasteiger partial charge in [0.25, 0.3) is 0 Å². The van der Waals surface area contributed by atoms with Crippen molar-refractivity contribution < 1.29 is 9.53 Å². The number of hydrogen-bond acceptors (Lipinski definition) is 7. The zero-order valence-electron chi connectivity index (χ0n) is 22.4. The molecular weight excluding hydrogens is 524 g/mol. The fourth-order valence-electron chi connectivity index (χ4n) is 5.84. The van der Waals surface area contributed by atoms with E-state index < -0.39 is 0 Å². The Morgan fingerprint density at radius 3 is 2.23 bits per heavy atom.